The van der Waals surface area contributed by atoms with Crippen LogP contribution in [0.5, 0.6) is 17.2 Å². The molecule has 0 radical (unpaired) electrons. The van der Waals surface area contributed by atoms with Crippen molar-refractivity contribution in [3.05, 3.63) is 17.7 Å². The van der Waals surface area contributed by atoms with Crippen molar-refractivity contribution in [1.29, 1.82) is 0 Å². The molecule has 1 atom stereocenters. The first-order valence-corrected chi connectivity index (χ1v) is 10.1. The van der Waals surface area contributed by atoms with E-state index in [0.29, 0.717) is 29.7 Å². The second kappa shape index (κ2) is 11.6. The summed E-state index contributed by atoms with van der Waals surface area (Å²) < 4.78 is 16.2. The molecule has 1 aromatic rings. The van der Waals surface area contributed by atoms with Gasteiger partial charge in [-0.25, -0.2) is 0 Å². The Hall–Kier alpha value is -2.15. The summed E-state index contributed by atoms with van der Waals surface area (Å²) in [6.45, 7) is 7.39. The molecule has 1 aliphatic heterocycles. The molecule has 0 spiro atoms. The van der Waals surface area contributed by atoms with Crippen LogP contribution in [0.4, 0.5) is 0 Å². The molecule has 0 saturated carbocycles. The van der Waals surface area contributed by atoms with Crippen LogP contribution in [0.3, 0.4) is 0 Å². The number of methoxy groups -OCH3 is 3. The number of hydrogen-bond donors (Lipinski definition) is 2. The first kappa shape index (κ1) is 22.1. The highest BCUT2D eigenvalue weighted by molar-refractivity contribution is 5.79. The van der Waals surface area contributed by atoms with Gasteiger partial charge in [-0.1, -0.05) is 13.3 Å². The predicted octanol–water partition coefficient (Wildman–Crippen LogP) is 2.50. The molecule has 7 heteroatoms. The van der Waals surface area contributed by atoms with Gasteiger partial charge in [0, 0.05) is 26.7 Å². The van der Waals surface area contributed by atoms with E-state index in [2.05, 4.69) is 27.4 Å². The number of piperidine rings is 1. The van der Waals surface area contributed by atoms with Gasteiger partial charge in [0.05, 0.1) is 21.3 Å². The number of rotatable bonds is 9. The van der Waals surface area contributed by atoms with Gasteiger partial charge in [0.15, 0.2) is 17.5 Å². The third kappa shape index (κ3) is 6.48. The van der Waals surface area contributed by atoms with Crippen molar-refractivity contribution in [2.24, 2.45) is 10.9 Å². The van der Waals surface area contributed by atoms with E-state index in [1.54, 1.807) is 28.4 Å². The first-order chi connectivity index (χ1) is 13.6. The van der Waals surface area contributed by atoms with Crippen LogP contribution in [0.15, 0.2) is 17.1 Å². The van der Waals surface area contributed by atoms with Crippen LogP contribution in [-0.4, -0.2) is 65.4 Å². The SMILES string of the molecule is CN=C(NCc1cc(OC)c(OC)c(OC)c1)NCC(C)CN1CCCCC1. The van der Waals surface area contributed by atoms with Crippen molar-refractivity contribution in [1.82, 2.24) is 15.5 Å². The summed E-state index contributed by atoms with van der Waals surface area (Å²) in [5.41, 5.74) is 1.03. The van der Waals surface area contributed by atoms with Crippen LogP contribution in [0.25, 0.3) is 0 Å². The summed E-state index contributed by atoms with van der Waals surface area (Å²) in [5.74, 6) is 3.26. The van der Waals surface area contributed by atoms with Crippen molar-refractivity contribution in [2.45, 2.75) is 32.7 Å². The highest BCUT2D eigenvalue weighted by atomic mass is 16.5. The second-order valence-electron chi connectivity index (χ2n) is 7.31. The summed E-state index contributed by atoms with van der Waals surface area (Å²) in [7, 11) is 6.65. The fourth-order valence-corrected chi connectivity index (χ4v) is 3.56. The largest absolute Gasteiger partial charge is 0.493 e. The maximum absolute atomic E-state index is 5.42. The number of nitrogens with one attached hydrogen (secondary N) is 2. The Kier molecular flexibility index (Phi) is 9.20. The van der Waals surface area contributed by atoms with E-state index in [9.17, 15) is 0 Å². The molecule has 1 fully saturated rings. The topological polar surface area (TPSA) is 67.4 Å². The van der Waals surface area contributed by atoms with Crippen molar-refractivity contribution in [3.63, 3.8) is 0 Å². The minimum atomic E-state index is 0.567. The summed E-state index contributed by atoms with van der Waals surface area (Å²) in [5, 5.41) is 6.79. The molecule has 1 saturated heterocycles. The van der Waals surface area contributed by atoms with Gasteiger partial charge in [-0.3, -0.25) is 4.99 Å². The maximum atomic E-state index is 5.42. The highest BCUT2D eigenvalue weighted by Gasteiger charge is 2.15. The van der Waals surface area contributed by atoms with Gasteiger partial charge >= 0.3 is 0 Å². The van der Waals surface area contributed by atoms with Gasteiger partial charge in [-0.05, 0) is 49.5 Å². The summed E-state index contributed by atoms with van der Waals surface area (Å²) in [6, 6.07) is 3.89. The number of ether oxygens (including phenoxy) is 3. The Balaban J connectivity index is 1.86. The number of benzene rings is 1. The highest BCUT2D eigenvalue weighted by Crippen LogP contribution is 2.38. The molecule has 1 aromatic carbocycles. The normalized spacial score (nSPS) is 16.4. The Morgan fingerprint density at radius 3 is 2.21 bits per heavy atom. The van der Waals surface area contributed by atoms with Crippen LogP contribution in [0.2, 0.25) is 0 Å². The molecular formula is C21H36N4O3. The van der Waals surface area contributed by atoms with Gasteiger partial charge in [0.25, 0.3) is 0 Å². The average molecular weight is 393 g/mol. The molecule has 0 amide bonds. The zero-order valence-electron chi connectivity index (χ0n) is 18.0. The van der Waals surface area contributed by atoms with Gasteiger partial charge in [0.1, 0.15) is 0 Å². The Morgan fingerprint density at radius 1 is 1.04 bits per heavy atom. The molecule has 28 heavy (non-hydrogen) atoms. The lowest BCUT2D eigenvalue weighted by molar-refractivity contribution is 0.201. The van der Waals surface area contributed by atoms with Gasteiger partial charge in [-0.2, -0.15) is 0 Å². The van der Waals surface area contributed by atoms with Gasteiger partial charge in [-0.15, -0.1) is 0 Å². The first-order valence-electron chi connectivity index (χ1n) is 10.1. The minimum absolute atomic E-state index is 0.567. The number of aliphatic imine (C=N–C) groups is 1. The molecule has 2 N–H and O–H groups in total. The van der Waals surface area contributed by atoms with E-state index in [1.807, 2.05) is 12.1 Å². The van der Waals surface area contributed by atoms with Gasteiger partial charge < -0.3 is 29.7 Å². The molecular weight excluding hydrogens is 356 g/mol. The summed E-state index contributed by atoms with van der Waals surface area (Å²) in [4.78, 5) is 6.91. The zero-order chi connectivity index (χ0) is 20.4. The van der Waals surface area contributed by atoms with E-state index >= 15 is 0 Å². The predicted molar refractivity (Wildman–Crippen MR) is 114 cm³/mol. The maximum Gasteiger partial charge on any atom is 0.203 e. The number of hydrogen-bond acceptors (Lipinski definition) is 5. The lowest BCUT2D eigenvalue weighted by Gasteiger charge is -2.29. The smallest absolute Gasteiger partial charge is 0.203 e. The standard InChI is InChI=1S/C21H36N4O3/c1-16(15-25-9-7-6-8-10-25)13-23-21(22-2)24-14-17-11-18(26-3)20(28-5)19(12-17)27-4/h11-12,16H,6-10,13-15H2,1-5H3,(H2,22,23,24). The van der Waals surface area contributed by atoms with Crippen molar-refractivity contribution < 1.29 is 14.2 Å². The molecule has 7 nitrogen and oxygen atoms in total. The van der Waals surface area contributed by atoms with E-state index in [1.165, 1.54) is 32.4 Å². The molecule has 0 aromatic heterocycles. The van der Waals surface area contributed by atoms with Crippen LogP contribution in [0.1, 0.15) is 31.7 Å². The summed E-state index contributed by atoms with van der Waals surface area (Å²) >= 11 is 0. The van der Waals surface area contributed by atoms with E-state index < -0.39 is 0 Å². The Bertz CT molecular complexity index is 605. The molecule has 0 aliphatic carbocycles. The van der Waals surface area contributed by atoms with Crippen molar-refractivity contribution in [3.8, 4) is 17.2 Å². The van der Waals surface area contributed by atoms with Crippen molar-refractivity contribution >= 4 is 5.96 Å². The zero-order valence-corrected chi connectivity index (χ0v) is 18.0. The fraction of sp³-hybridized carbons (Fsp3) is 0.667. The van der Waals surface area contributed by atoms with Crippen LogP contribution < -0.4 is 24.8 Å². The summed E-state index contributed by atoms with van der Waals surface area (Å²) in [6.07, 6.45) is 4.04. The van der Waals surface area contributed by atoms with E-state index in [4.69, 9.17) is 14.2 Å². The minimum Gasteiger partial charge on any atom is -0.493 e. The molecule has 0 bridgehead atoms. The Labute approximate surface area is 169 Å². The van der Waals surface area contributed by atoms with Gasteiger partial charge in [0.2, 0.25) is 5.75 Å². The number of likely N-dealkylation sites (tertiary alicyclic amines) is 1. The molecule has 2 rings (SSSR count). The second-order valence-corrected chi connectivity index (χ2v) is 7.31. The third-order valence-corrected chi connectivity index (χ3v) is 5.04. The lowest BCUT2D eigenvalue weighted by Crippen LogP contribution is -2.42. The van der Waals surface area contributed by atoms with E-state index in [0.717, 1.165) is 24.6 Å². The lowest BCUT2D eigenvalue weighted by atomic mass is 10.1. The monoisotopic (exact) mass is 392 g/mol. The van der Waals surface area contributed by atoms with Crippen LogP contribution >= 0.6 is 0 Å². The molecule has 1 heterocycles. The fourth-order valence-electron chi connectivity index (χ4n) is 3.56. The molecule has 1 unspecified atom stereocenters. The quantitative estimate of drug-likeness (QED) is 0.497. The molecule has 158 valence electrons. The number of guanidine groups is 1. The van der Waals surface area contributed by atoms with Crippen molar-refractivity contribution in [2.75, 3.05) is 54.6 Å². The third-order valence-electron chi connectivity index (χ3n) is 5.04. The Morgan fingerprint density at radius 2 is 1.68 bits per heavy atom. The van der Waals surface area contributed by atoms with E-state index in [-0.39, 0.29) is 0 Å². The number of nitrogens with zero attached hydrogens (tertiary/aromatic N) is 2. The molecule has 1 aliphatic rings. The van der Waals surface area contributed by atoms with Crippen LogP contribution in [-0.2, 0) is 6.54 Å². The average Bonchev–Trinajstić information content (AvgIpc) is 2.73. The van der Waals surface area contributed by atoms with Crippen LogP contribution in [0, 0.1) is 5.92 Å².